The first-order valence-electron chi connectivity index (χ1n) is 5.52. The highest BCUT2D eigenvalue weighted by atomic mass is 35.5. The molecule has 3 heteroatoms. The number of hydrogen-bond donors (Lipinski definition) is 1. The quantitative estimate of drug-likeness (QED) is 0.685. The second kappa shape index (κ2) is 7.27. The van der Waals surface area contributed by atoms with Crippen LogP contribution in [0.3, 0.4) is 0 Å². The molecule has 1 saturated heterocycles. The number of hydrogen-bond acceptors (Lipinski definition) is 2. The SMILES string of the molecule is CC(=CCl)CNCCCN1CCCC1. The van der Waals surface area contributed by atoms with E-state index in [2.05, 4.69) is 10.2 Å². The molecular weight excluding hydrogens is 196 g/mol. The molecule has 14 heavy (non-hydrogen) atoms. The van der Waals surface area contributed by atoms with Crippen molar-refractivity contribution in [2.75, 3.05) is 32.7 Å². The first-order valence-corrected chi connectivity index (χ1v) is 5.95. The Morgan fingerprint density at radius 1 is 1.43 bits per heavy atom. The van der Waals surface area contributed by atoms with E-state index >= 15 is 0 Å². The van der Waals surface area contributed by atoms with E-state index in [0.29, 0.717) is 0 Å². The van der Waals surface area contributed by atoms with E-state index in [9.17, 15) is 0 Å². The molecule has 2 nitrogen and oxygen atoms in total. The van der Waals surface area contributed by atoms with E-state index in [1.807, 2.05) is 6.92 Å². The van der Waals surface area contributed by atoms with E-state index < -0.39 is 0 Å². The summed E-state index contributed by atoms with van der Waals surface area (Å²) < 4.78 is 0. The minimum Gasteiger partial charge on any atom is -0.313 e. The lowest BCUT2D eigenvalue weighted by Crippen LogP contribution is -2.25. The highest BCUT2D eigenvalue weighted by Crippen LogP contribution is 2.06. The van der Waals surface area contributed by atoms with Crippen molar-refractivity contribution in [1.29, 1.82) is 0 Å². The fourth-order valence-corrected chi connectivity index (χ4v) is 1.84. The summed E-state index contributed by atoms with van der Waals surface area (Å²) in [7, 11) is 0. The lowest BCUT2D eigenvalue weighted by molar-refractivity contribution is 0.332. The Morgan fingerprint density at radius 2 is 2.14 bits per heavy atom. The fourth-order valence-electron chi connectivity index (χ4n) is 1.76. The summed E-state index contributed by atoms with van der Waals surface area (Å²) in [6.45, 7) is 7.92. The van der Waals surface area contributed by atoms with Gasteiger partial charge in [0.1, 0.15) is 0 Å². The maximum Gasteiger partial charge on any atom is 0.0173 e. The van der Waals surface area contributed by atoms with Crippen molar-refractivity contribution in [3.63, 3.8) is 0 Å². The minimum atomic E-state index is 0.920. The van der Waals surface area contributed by atoms with Gasteiger partial charge >= 0.3 is 0 Å². The van der Waals surface area contributed by atoms with Gasteiger partial charge in [0.15, 0.2) is 0 Å². The summed E-state index contributed by atoms with van der Waals surface area (Å²) in [4.78, 5) is 2.55. The van der Waals surface area contributed by atoms with E-state index in [4.69, 9.17) is 11.6 Å². The maximum atomic E-state index is 5.56. The molecule has 82 valence electrons. The Morgan fingerprint density at radius 3 is 2.79 bits per heavy atom. The van der Waals surface area contributed by atoms with Crippen molar-refractivity contribution in [1.82, 2.24) is 10.2 Å². The van der Waals surface area contributed by atoms with Crippen LogP contribution in [0.4, 0.5) is 0 Å². The zero-order chi connectivity index (χ0) is 10.2. The molecule has 1 aliphatic heterocycles. The third kappa shape index (κ3) is 4.99. The number of likely N-dealkylation sites (tertiary alicyclic amines) is 1. The van der Waals surface area contributed by atoms with Crippen LogP contribution < -0.4 is 5.32 Å². The average Bonchev–Trinajstić information content (AvgIpc) is 2.69. The van der Waals surface area contributed by atoms with Crippen molar-refractivity contribution < 1.29 is 0 Å². The van der Waals surface area contributed by atoms with Crippen LogP contribution in [0.2, 0.25) is 0 Å². The van der Waals surface area contributed by atoms with Crippen molar-refractivity contribution in [3.8, 4) is 0 Å². The van der Waals surface area contributed by atoms with Crippen molar-refractivity contribution >= 4 is 11.6 Å². The normalized spacial score (nSPS) is 19.1. The summed E-state index contributed by atoms with van der Waals surface area (Å²) >= 11 is 5.56. The van der Waals surface area contributed by atoms with Gasteiger partial charge in [-0.05, 0) is 57.9 Å². The van der Waals surface area contributed by atoms with Gasteiger partial charge in [0, 0.05) is 12.1 Å². The van der Waals surface area contributed by atoms with Crippen LogP contribution in [0.5, 0.6) is 0 Å². The second-order valence-corrected chi connectivity index (χ2v) is 4.25. The molecule has 0 unspecified atom stereocenters. The summed E-state index contributed by atoms with van der Waals surface area (Å²) in [6.07, 6.45) is 4.03. The molecule has 0 atom stereocenters. The molecule has 0 aromatic carbocycles. The molecule has 0 spiro atoms. The van der Waals surface area contributed by atoms with Gasteiger partial charge in [-0.1, -0.05) is 11.6 Å². The predicted octanol–water partition coefficient (Wildman–Crippen LogP) is 2.20. The molecule has 0 aromatic rings. The number of nitrogens with one attached hydrogen (secondary N) is 1. The molecule has 0 radical (unpaired) electrons. The minimum absolute atomic E-state index is 0.920. The molecule has 0 saturated carbocycles. The van der Waals surface area contributed by atoms with Crippen LogP contribution in [0.15, 0.2) is 11.1 Å². The Balaban J connectivity index is 1.89. The molecule has 0 aromatic heterocycles. The molecule has 1 rings (SSSR count). The van der Waals surface area contributed by atoms with Gasteiger partial charge in [0.25, 0.3) is 0 Å². The van der Waals surface area contributed by atoms with Crippen LogP contribution in [0.25, 0.3) is 0 Å². The van der Waals surface area contributed by atoms with Gasteiger partial charge in [-0.2, -0.15) is 0 Å². The van der Waals surface area contributed by atoms with Crippen LogP contribution in [-0.2, 0) is 0 Å². The Bertz CT molecular complexity index is 174. The zero-order valence-corrected chi connectivity index (χ0v) is 9.82. The van der Waals surface area contributed by atoms with Gasteiger partial charge in [-0.3, -0.25) is 0 Å². The average molecular weight is 217 g/mol. The van der Waals surface area contributed by atoms with Crippen LogP contribution in [0, 0.1) is 0 Å². The third-order valence-corrected chi connectivity index (χ3v) is 2.99. The van der Waals surface area contributed by atoms with Gasteiger partial charge in [0.05, 0.1) is 0 Å². The van der Waals surface area contributed by atoms with Crippen LogP contribution in [0.1, 0.15) is 26.2 Å². The maximum absolute atomic E-state index is 5.56. The van der Waals surface area contributed by atoms with Gasteiger partial charge in [-0.25, -0.2) is 0 Å². The second-order valence-electron chi connectivity index (χ2n) is 4.03. The number of nitrogens with zero attached hydrogens (tertiary/aromatic N) is 1. The summed E-state index contributed by atoms with van der Waals surface area (Å²) in [5, 5.41) is 3.38. The van der Waals surface area contributed by atoms with Crippen LogP contribution in [-0.4, -0.2) is 37.6 Å². The summed E-state index contributed by atoms with van der Waals surface area (Å²) in [6, 6.07) is 0. The van der Waals surface area contributed by atoms with E-state index in [1.54, 1.807) is 5.54 Å². The standard InChI is InChI=1S/C11H21ClN2/c1-11(9-12)10-13-5-4-8-14-6-2-3-7-14/h9,13H,2-8,10H2,1H3. The Hall–Kier alpha value is -0.0500. The molecule has 0 aliphatic carbocycles. The number of halogens is 1. The lowest BCUT2D eigenvalue weighted by atomic mass is 10.3. The summed E-state index contributed by atoms with van der Waals surface area (Å²) in [5.74, 6) is 0. The van der Waals surface area contributed by atoms with Crippen LogP contribution >= 0.6 is 11.6 Å². The number of rotatable bonds is 6. The molecule has 1 N–H and O–H groups in total. The zero-order valence-electron chi connectivity index (χ0n) is 9.06. The summed E-state index contributed by atoms with van der Waals surface area (Å²) in [5.41, 5.74) is 2.85. The Kier molecular flexibility index (Phi) is 6.24. The highest BCUT2D eigenvalue weighted by molar-refractivity contribution is 6.25. The molecule has 0 bridgehead atoms. The predicted molar refractivity (Wildman–Crippen MR) is 62.8 cm³/mol. The molecule has 1 heterocycles. The first kappa shape index (κ1) is 12.0. The van der Waals surface area contributed by atoms with E-state index in [-0.39, 0.29) is 0 Å². The van der Waals surface area contributed by atoms with Crippen molar-refractivity contribution in [2.45, 2.75) is 26.2 Å². The molecular formula is C11H21ClN2. The van der Waals surface area contributed by atoms with E-state index in [1.165, 1.54) is 44.5 Å². The van der Waals surface area contributed by atoms with E-state index in [0.717, 1.165) is 13.1 Å². The third-order valence-electron chi connectivity index (χ3n) is 2.62. The smallest absolute Gasteiger partial charge is 0.0173 e. The van der Waals surface area contributed by atoms with Crippen molar-refractivity contribution in [2.24, 2.45) is 0 Å². The highest BCUT2D eigenvalue weighted by Gasteiger charge is 2.09. The topological polar surface area (TPSA) is 15.3 Å². The Labute approximate surface area is 92.3 Å². The lowest BCUT2D eigenvalue weighted by Gasteiger charge is -2.14. The van der Waals surface area contributed by atoms with Gasteiger partial charge in [-0.15, -0.1) is 0 Å². The molecule has 1 fully saturated rings. The molecule has 0 amide bonds. The fraction of sp³-hybridized carbons (Fsp3) is 0.818. The molecule has 1 aliphatic rings. The monoisotopic (exact) mass is 216 g/mol. The van der Waals surface area contributed by atoms with Gasteiger partial charge < -0.3 is 10.2 Å². The largest absolute Gasteiger partial charge is 0.313 e. The van der Waals surface area contributed by atoms with Crippen molar-refractivity contribution in [3.05, 3.63) is 11.1 Å². The first-order chi connectivity index (χ1) is 6.83. The van der Waals surface area contributed by atoms with Gasteiger partial charge in [0.2, 0.25) is 0 Å².